The summed E-state index contributed by atoms with van der Waals surface area (Å²) in [4.78, 5) is 18.0. The molecule has 2 aliphatic heterocycles. The first-order valence-corrected chi connectivity index (χ1v) is 8.71. The Balaban J connectivity index is 1.44. The molecule has 0 fully saturated rings. The van der Waals surface area contributed by atoms with Crippen molar-refractivity contribution >= 4 is 12.0 Å². The number of hydrogen-bond acceptors (Lipinski definition) is 5. The van der Waals surface area contributed by atoms with Crippen LogP contribution in [-0.2, 0) is 13.0 Å². The maximum Gasteiger partial charge on any atom is 0.268 e. The van der Waals surface area contributed by atoms with Gasteiger partial charge in [-0.15, -0.1) is 0 Å². The van der Waals surface area contributed by atoms with Crippen LogP contribution in [0.2, 0.25) is 0 Å². The largest absolute Gasteiger partial charge is 0.497 e. The second kappa shape index (κ2) is 6.84. The normalized spacial score (nSPS) is 16.7. The highest BCUT2D eigenvalue weighted by Crippen LogP contribution is 2.30. The van der Waals surface area contributed by atoms with Crippen LogP contribution in [0.3, 0.4) is 0 Å². The molecule has 4 rings (SSSR count). The van der Waals surface area contributed by atoms with Gasteiger partial charge in [0.2, 0.25) is 0 Å². The number of hydrogen-bond donors (Lipinski definition) is 1. The third-order valence-corrected chi connectivity index (χ3v) is 4.84. The van der Waals surface area contributed by atoms with E-state index in [0.717, 1.165) is 55.5 Å². The van der Waals surface area contributed by atoms with Gasteiger partial charge >= 0.3 is 0 Å². The molecular weight excluding hydrogens is 332 g/mol. The highest BCUT2D eigenvalue weighted by Gasteiger charge is 2.20. The van der Waals surface area contributed by atoms with E-state index in [-0.39, 0.29) is 0 Å². The number of carbonyl (C=O) groups excluding carboxylic acids is 1. The van der Waals surface area contributed by atoms with Gasteiger partial charge in [0.15, 0.2) is 0 Å². The molecule has 0 saturated heterocycles. The van der Waals surface area contributed by atoms with E-state index < -0.39 is 5.91 Å². The quantitative estimate of drug-likeness (QED) is 0.896. The van der Waals surface area contributed by atoms with Crippen LogP contribution in [0.1, 0.15) is 21.9 Å². The number of benzene rings is 1. The molecule has 3 heterocycles. The van der Waals surface area contributed by atoms with Gasteiger partial charge in [-0.05, 0) is 29.8 Å². The Morgan fingerprint density at radius 1 is 1.35 bits per heavy atom. The zero-order valence-corrected chi connectivity index (χ0v) is 14.8. The lowest BCUT2D eigenvalue weighted by Gasteiger charge is -2.24. The summed E-state index contributed by atoms with van der Waals surface area (Å²) >= 11 is 0. The van der Waals surface area contributed by atoms with E-state index in [2.05, 4.69) is 16.0 Å². The molecule has 0 aliphatic carbocycles. The van der Waals surface area contributed by atoms with Crippen molar-refractivity contribution in [3.63, 3.8) is 0 Å². The summed E-state index contributed by atoms with van der Waals surface area (Å²) < 4.78 is 13.2. The fraction of sp³-hybridized carbons (Fsp3) is 0.368. The highest BCUT2D eigenvalue weighted by molar-refractivity contribution is 5.90. The van der Waals surface area contributed by atoms with Crippen molar-refractivity contribution in [2.75, 3.05) is 33.4 Å². The van der Waals surface area contributed by atoms with Crippen molar-refractivity contribution in [3.05, 3.63) is 47.1 Å². The van der Waals surface area contributed by atoms with Gasteiger partial charge in [0.05, 0.1) is 7.11 Å². The third kappa shape index (κ3) is 3.30. The first kappa shape index (κ1) is 16.7. The van der Waals surface area contributed by atoms with Crippen LogP contribution in [0.4, 0.5) is 0 Å². The van der Waals surface area contributed by atoms with Crippen molar-refractivity contribution in [2.24, 2.45) is 5.73 Å². The molecule has 7 heteroatoms. The lowest BCUT2D eigenvalue weighted by molar-refractivity contribution is 0.0995. The van der Waals surface area contributed by atoms with Crippen molar-refractivity contribution in [3.8, 4) is 11.5 Å². The zero-order chi connectivity index (χ0) is 18.1. The predicted octanol–water partition coefficient (Wildman–Crippen LogP) is 1.32. The van der Waals surface area contributed by atoms with Gasteiger partial charge in [-0.2, -0.15) is 0 Å². The third-order valence-electron chi connectivity index (χ3n) is 4.84. The van der Waals surface area contributed by atoms with E-state index in [1.54, 1.807) is 13.3 Å². The number of imidazole rings is 1. The number of nitrogens with two attached hydrogens (primary N) is 1. The summed E-state index contributed by atoms with van der Waals surface area (Å²) in [6, 6.07) is 5.86. The number of primary amides is 1. The predicted molar refractivity (Wildman–Crippen MR) is 97.4 cm³/mol. The van der Waals surface area contributed by atoms with Crippen molar-refractivity contribution in [1.82, 2.24) is 14.5 Å². The van der Waals surface area contributed by atoms with Crippen molar-refractivity contribution in [2.45, 2.75) is 13.0 Å². The molecule has 1 aromatic heterocycles. The molecule has 1 aromatic carbocycles. The van der Waals surface area contributed by atoms with Crippen LogP contribution in [0.25, 0.3) is 6.08 Å². The number of amides is 1. The van der Waals surface area contributed by atoms with E-state index in [1.807, 2.05) is 22.8 Å². The smallest absolute Gasteiger partial charge is 0.268 e. The van der Waals surface area contributed by atoms with Crippen molar-refractivity contribution < 1.29 is 14.3 Å². The Morgan fingerprint density at radius 3 is 3.04 bits per heavy atom. The molecule has 136 valence electrons. The number of nitrogens with zero attached hydrogens (tertiary/aromatic N) is 3. The van der Waals surface area contributed by atoms with Crippen LogP contribution in [-0.4, -0.2) is 53.7 Å². The molecule has 7 nitrogen and oxygen atoms in total. The van der Waals surface area contributed by atoms with Gasteiger partial charge in [0, 0.05) is 44.4 Å². The Bertz CT molecular complexity index is 846. The molecule has 1 amide bonds. The SMILES string of the molecule is COc1ccc2c(c1)C=C(CN1CCc3nc(C(N)=O)cn3CC1)CO2. The number of rotatable bonds is 4. The summed E-state index contributed by atoms with van der Waals surface area (Å²) in [5.41, 5.74) is 7.96. The van der Waals surface area contributed by atoms with E-state index in [9.17, 15) is 4.79 Å². The Kier molecular flexibility index (Phi) is 4.38. The topological polar surface area (TPSA) is 82.6 Å². The standard InChI is InChI=1S/C19H22N4O3/c1-25-15-2-3-17-14(9-15)8-13(12-26-17)10-22-5-4-18-21-16(19(20)24)11-23(18)7-6-22/h2-3,8-9,11H,4-7,10,12H2,1H3,(H2,20,24). The van der Waals surface area contributed by atoms with Crippen LogP contribution >= 0.6 is 0 Å². The molecule has 0 saturated carbocycles. The summed E-state index contributed by atoms with van der Waals surface area (Å²) in [5.74, 6) is 2.17. The summed E-state index contributed by atoms with van der Waals surface area (Å²) in [6.45, 7) is 4.03. The average molecular weight is 354 g/mol. The average Bonchev–Trinajstić information content (AvgIpc) is 2.98. The van der Waals surface area contributed by atoms with Crippen molar-refractivity contribution in [1.29, 1.82) is 0 Å². The van der Waals surface area contributed by atoms with Gasteiger partial charge in [-0.3, -0.25) is 9.69 Å². The maximum atomic E-state index is 11.3. The van der Waals surface area contributed by atoms with Crippen LogP contribution in [0.5, 0.6) is 11.5 Å². The fourth-order valence-corrected chi connectivity index (χ4v) is 3.45. The van der Waals surface area contributed by atoms with Crippen LogP contribution in [0.15, 0.2) is 30.0 Å². The Labute approximate surface area is 152 Å². The molecule has 0 spiro atoms. The highest BCUT2D eigenvalue weighted by atomic mass is 16.5. The van der Waals surface area contributed by atoms with Crippen LogP contribution < -0.4 is 15.2 Å². The second-order valence-corrected chi connectivity index (χ2v) is 6.62. The number of carbonyl (C=O) groups is 1. The number of ether oxygens (including phenoxy) is 2. The van der Waals surface area contributed by atoms with Gasteiger partial charge in [-0.25, -0.2) is 4.98 Å². The van der Waals surface area contributed by atoms with E-state index in [0.29, 0.717) is 12.3 Å². The second-order valence-electron chi connectivity index (χ2n) is 6.62. The molecule has 2 aromatic rings. The van der Waals surface area contributed by atoms with Gasteiger partial charge in [0.25, 0.3) is 5.91 Å². The number of aromatic nitrogens is 2. The summed E-state index contributed by atoms with van der Waals surface area (Å²) in [5, 5.41) is 0. The van der Waals surface area contributed by atoms with E-state index in [1.165, 1.54) is 5.57 Å². The molecular formula is C19H22N4O3. The Hall–Kier alpha value is -2.80. The van der Waals surface area contributed by atoms with E-state index >= 15 is 0 Å². The lowest BCUT2D eigenvalue weighted by Crippen LogP contribution is -2.31. The summed E-state index contributed by atoms with van der Waals surface area (Å²) in [6.07, 6.45) is 4.74. The molecule has 0 radical (unpaired) electrons. The minimum Gasteiger partial charge on any atom is -0.497 e. The molecule has 26 heavy (non-hydrogen) atoms. The lowest BCUT2D eigenvalue weighted by atomic mass is 10.1. The molecule has 0 unspecified atom stereocenters. The molecule has 0 atom stereocenters. The zero-order valence-electron chi connectivity index (χ0n) is 14.8. The van der Waals surface area contributed by atoms with Crippen LogP contribution in [0, 0.1) is 0 Å². The monoisotopic (exact) mass is 354 g/mol. The number of fused-ring (bicyclic) bond motifs is 2. The van der Waals surface area contributed by atoms with E-state index in [4.69, 9.17) is 15.2 Å². The first-order chi connectivity index (χ1) is 12.6. The molecule has 2 aliphatic rings. The maximum absolute atomic E-state index is 11.3. The fourth-order valence-electron chi connectivity index (χ4n) is 3.45. The minimum absolute atomic E-state index is 0.349. The Morgan fingerprint density at radius 2 is 2.23 bits per heavy atom. The number of methoxy groups -OCH3 is 1. The summed E-state index contributed by atoms with van der Waals surface area (Å²) in [7, 11) is 1.67. The minimum atomic E-state index is -0.471. The van der Waals surface area contributed by atoms with Gasteiger partial charge in [-0.1, -0.05) is 0 Å². The van der Waals surface area contributed by atoms with Gasteiger partial charge in [0.1, 0.15) is 29.6 Å². The van der Waals surface area contributed by atoms with Gasteiger partial charge < -0.3 is 19.8 Å². The molecule has 2 N–H and O–H groups in total. The first-order valence-electron chi connectivity index (χ1n) is 8.71. The molecule has 0 bridgehead atoms.